The van der Waals surface area contributed by atoms with Crippen LogP contribution in [-0.2, 0) is 23.3 Å². The van der Waals surface area contributed by atoms with Gasteiger partial charge in [-0.3, -0.25) is 14.5 Å². The second-order valence-electron chi connectivity index (χ2n) is 9.71. The molecule has 1 aliphatic rings. The first-order chi connectivity index (χ1) is 18.8. The first-order valence-electron chi connectivity index (χ1n) is 12.1. The van der Waals surface area contributed by atoms with Gasteiger partial charge in [0.25, 0.3) is 5.91 Å². The number of aryl methyl sites for hydroxylation is 1. The van der Waals surface area contributed by atoms with Crippen molar-refractivity contribution >= 4 is 27.3 Å². The minimum absolute atomic E-state index is 0.0149. The molecular weight excluding hydrogens is 616 g/mol. The first kappa shape index (κ1) is 32.8. The average molecular weight is 641 g/mol. The molecule has 230 valence electrons. The summed E-state index contributed by atoms with van der Waals surface area (Å²) in [5.74, 6) is -5.39. The zero-order valence-electron chi connectivity index (χ0n) is 21.5. The second kappa shape index (κ2) is 12.3. The van der Waals surface area contributed by atoms with Gasteiger partial charge in [-0.15, -0.1) is 0 Å². The minimum atomic E-state index is -5.68. The molecule has 2 heterocycles. The lowest BCUT2D eigenvalue weighted by molar-refractivity contribution is -0.283. The number of hydrogen-bond acceptors (Lipinski definition) is 6. The highest BCUT2D eigenvalue weighted by Gasteiger charge is 2.56. The number of sulfone groups is 1. The fourth-order valence-corrected chi connectivity index (χ4v) is 6.08. The molecule has 0 unspecified atom stereocenters. The molecule has 1 amide bonds. The molecule has 1 aliphatic carbocycles. The van der Waals surface area contributed by atoms with Gasteiger partial charge in [0.2, 0.25) is 0 Å². The van der Waals surface area contributed by atoms with Gasteiger partial charge in [-0.05, 0) is 31.6 Å². The quantitative estimate of drug-likeness (QED) is 0.371. The molecule has 0 spiro atoms. The maximum Gasteiger partial charge on any atom is 0.400 e. The van der Waals surface area contributed by atoms with Gasteiger partial charge in [0.05, 0.1) is 21.5 Å². The summed E-state index contributed by atoms with van der Waals surface area (Å²) in [4.78, 5) is 16.4. The smallest absolute Gasteiger partial charge is 0.400 e. The van der Waals surface area contributed by atoms with Gasteiger partial charge in [-0.25, -0.2) is 8.42 Å². The minimum Gasteiger partial charge on any atom is -0.434 e. The molecule has 2 aromatic heterocycles. The van der Waals surface area contributed by atoms with E-state index in [1.165, 1.54) is 13.3 Å². The van der Waals surface area contributed by atoms with E-state index < -0.39 is 63.7 Å². The number of carbonyl (C=O) groups excluding carboxylic acids is 1. The van der Waals surface area contributed by atoms with Crippen molar-refractivity contribution in [2.75, 3.05) is 12.8 Å². The Hall–Kier alpha value is -2.69. The fraction of sp³-hybridized carbons (Fsp3) is 0.609. The summed E-state index contributed by atoms with van der Waals surface area (Å²) < 4.78 is 133. The van der Waals surface area contributed by atoms with Crippen LogP contribution in [0.1, 0.15) is 41.9 Å². The van der Waals surface area contributed by atoms with Crippen molar-refractivity contribution in [3.63, 3.8) is 0 Å². The normalized spacial score (nSPS) is 18.7. The summed E-state index contributed by atoms with van der Waals surface area (Å²) in [6, 6.07) is 0.516. The van der Waals surface area contributed by atoms with E-state index in [9.17, 15) is 48.3 Å². The maximum atomic E-state index is 13.1. The molecule has 8 nitrogen and oxygen atoms in total. The number of pyridine rings is 1. The molecule has 0 saturated heterocycles. The Balaban J connectivity index is 1.84. The Morgan fingerprint density at radius 1 is 1.15 bits per heavy atom. The maximum absolute atomic E-state index is 13.1. The predicted molar refractivity (Wildman–Crippen MR) is 130 cm³/mol. The summed E-state index contributed by atoms with van der Waals surface area (Å²) >= 11 is 6.32. The average Bonchev–Trinajstić information content (AvgIpc) is 3.13. The molecule has 0 aromatic carbocycles. The Bertz CT molecular complexity index is 1340. The topological polar surface area (TPSA) is 103 Å². The van der Waals surface area contributed by atoms with Crippen molar-refractivity contribution in [2.45, 2.75) is 56.3 Å². The molecule has 0 aliphatic heterocycles. The van der Waals surface area contributed by atoms with Crippen LogP contribution in [0.3, 0.4) is 0 Å². The highest BCUT2D eigenvalue weighted by atomic mass is 35.5. The Morgan fingerprint density at radius 2 is 1.73 bits per heavy atom. The predicted octanol–water partition coefficient (Wildman–Crippen LogP) is 5.35. The highest BCUT2D eigenvalue weighted by molar-refractivity contribution is 7.91. The fourth-order valence-electron chi connectivity index (χ4n) is 4.61. The van der Waals surface area contributed by atoms with Gasteiger partial charge in [-0.1, -0.05) is 11.6 Å². The summed E-state index contributed by atoms with van der Waals surface area (Å²) in [6.07, 6.45) is -9.18. The Morgan fingerprint density at radius 3 is 2.24 bits per heavy atom. The third-order valence-electron chi connectivity index (χ3n) is 6.75. The number of nitrogens with zero attached hydrogens (tertiary/aromatic N) is 3. The molecule has 0 atom stereocenters. The first-order valence-corrected chi connectivity index (χ1v) is 14.4. The van der Waals surface area contributed by atoms with E-state index in [4.69, 9.17) is 11.6 Å². The molecule has 3 rings (SSSR count). The van der Waals surface area contributed by atoms with Gasteiger partial charge < -0.3 is 10.1 Å². The van der Waals surface area contributed by atoms with Crippen molar-refractivity contribution < 1.29 is 53.1 Å². The van der Waals surface area contributed by atoms with Crippen LogP contribution in [0, 0.1) is 11.8 Å². The Kier molecular flexibility index (Phi) is 9.82. The lowest BCUT2D eigenvalue weighted by atomic mass is 9.89. The lowest BCUT2D eigenvalue weighted by Gasteiger charge is -2.27. The largest absolute Gasteiger partial charge is 0.434 e. The molecule has 0 radical (unpaired) electrons. The van der Waals surface area contributed by atoms with Crippen LogP contribution in [0.25, 0.3) is 11.3 Å². The van der Waals surface area contributed by atoms with Crippen LogP contribution >= 0.6 is 11.6 Å². The number of hydrogen-bond donors (Lipinski definition) is 1. The van der Waals surface area contributed by atoms with E-state index in [-0.39, 0.29) is 34.4 Å². The van der Waals surface area contributed by atoms with Crippen LogP contribution in [-0.4, -0.2) is 66.1 Å². The lowest BCUT2D eigenvalue weighted by Crippen LogP contribution is -2.38. The van der Waals surface area contributed by atoms with E-state index in [0.29, 0.717) is 37.9 Å². The van der Waals surface area contributed by atoms with Crippen molar-refractivity contribution in [2.24, 2.45) is 18.9 Å². The van der Waals surface area contributed by atoms with Crippen LogP contribution in [0.4, 0.5) is 35.1 Å². The number of amides is 1. The van der Waals surface area contributed by atoms with Crippen molar-refractivity contribution in [1.29, 1.82) is 0 Å². The molecule has 0 bridgehead atoms. The SMILES string of the molecule is Cn1nc(C(=O)NC[C@H]2CC[C@H](S(C)(=O)=O)CC2)c(Cl)c1-c1cnc(CC(C(F)(F)F)C(F)(F)F)cc1OC(F)F. The molecule has 18 heteroatoms. The van der Waals surface area contributed by atoms with Gasteiger partial charge in [0, 0.05) is 44.2 Å². The van der Waals surface area contributed by atoms with Crippen molar-refractivity contribution in [3.8, 4) is 17.0 Å². The summed E-state index contributed by atoms with van der Waals surface area (Å²) in [5.41, 5.74) is -1.73. The van der Waals surface area contributed by atoms with Crippen LogP contribution in [0.2, 0.25) is 5.02 Å². The molecular formula is C23H25ClF8N4O4S. The Labute approximate surface area is 234 Å². The molecule has 1 N–H and O–H groups in total. The zero-order valence-corrected chi connectivity index (χ0v) is 23.1. The number of alkyl halides is 8. The van der Waals surface area contributed by atoms with Gasteiger partial charge in [0.1, 0.15) is 15.6 Å². The number of halogens is 9. The standard InChI is InChI=1S/C23H25ClF8N4O4S/c1-36-19(17(24)18(35-36)20(37)34-9-11-3-5-13(6-4-11)41(2,38)39)14-10-33-12(7-15(14)40-21(25)26)8-16(22(27,28)29)23(30,31)32/h7,10-11,13,16,21H,3-6,8-9H2,1-2H3,(H,34,37)/t11-,13-. The molecule has 1 fully saturated rings. The number of rotatable bonds is 9. The third kappa shape index (κ3) is 8.20. The second-order valence-corrected chi connectivity index (χ2v) is 12.4. The third-order valence-corrected chi connectivity index (χ3v) is 8.79. The highest BCUT2D eigenvalue weighted by Crippen LogP contribution is 2.42. The van der Waals surface area contributed by atoms with Crippen molar-refractivity contribution in [1.82, 2.24) is 20.1 Å². The van der Waals surface area contributed by atoms with Crippen LogP contribution < -0.4 is 10.1 Å². The van der Waals surface area contributed by atoms with Crippen LogP contribution in [0.5, 0.6) is 5.75 Å². The molecule has 1 saturated carbocycles. The van der Waals surface area contributed by atoms with Gasteiger partial charge in [0.15, 0.2) is 11.6 Å². The molecule has 2 aromatic rings. The summed E-state index contributed by atoms with van der Waals surface area (Å²) in [7, 11) is -1.90. The van der Waals surface area contributed by atoms with E-state index in [1.54, 1.807) is 0 Å². The van der Waals surface area contributed by atoms with E-state index in [0.717, 1.165) is 4.68 Å². The number of nitrogens with one attached hydrogen (secondary N) is 1. The van der Waals surface area contributed by atoms with Gasteiger partial charge in [-0.2, -0.15) is 40.2 Å². The molecule has 41 heavy (non-hydrogen) atoms. The summed E-state index contributed by atoms with van der Waals surface area (Å²) in [5, 5.41) is 5.80. The zero-order chi connectivity index (χ0) is 30.9. The monoisotopic (exact) mass is 640 g/mol. The number of aromatic nitrogens is 3. The van der Waals surface area contributed by atoms with Crippen molar-refractivity contribution in [3.05, 3.63) is 28.7 Å². The van der Waals surface area contributed by atoms with Crippen LogP contribution in [0.15, 0.2) is 12.3 Å². The van der Waals surface area contributed by atoms with E-state index in [2.05, 4.69) is 20.1 Å². The van der Waals surface area contributed by atoms with Gasteiger partial charge >= 0.3 is 19.0 Å². The van der Waals surface area contributed by atoms with E-state index >= 15 is 0 Å². The number of carbonyl (C=O) groups is 1. The number of ether oxygens (including phenoxy) is 1. The summed E-state index contributed by atoms with van der Waals surface area (Å²) in [6.45, 7) is -3.34. The van der Waals surface area contributed by atoms with E-state index in [1.807, 2.05) is 0 Å².